The summed E-state index contributed by atoms with van der Waals surface area (Å²) in [5.41, 5.74) is 7.38. The summed E-state index contributed by atoms with van der Waals surface area (Å²) in [6.45, 7) is 3.21. The van der Waals surface area contributed by atoms with Crippen molar-refractivity contribution < 1.29 is 9.47 Å². The molecule has 0 radical (unpaired) electrons. The quantitative estimate of drug-likeness (QED) is 0.885. The molecule has 1 atom stereocenters. The highest BCUT2D eigenvalue weighted by Crippen LogP contribution is 2.29. The predicted molar refractivity (Wildman–Crippen MR) is 76.8 cm³/mol. The van der Waals surface area contributed by atoms with Crippen LogP contribution in [-0.4, -0.2) is 38.8 Å². The van der Waals surface area contributed by atoms with Crippen molar-refractivity contribution in [3.63, 3.8) is 0 Å². The van der Waals surface area contributed by atoms with Crippen molar-refractivity contribution in [1.82, 2.24) is 4.90 Å². The fraction of sp³-hybridized carbons (Fsp3) is 0.600. The molecule has 1 unspecified atom stereocenters. The molecule has 1 aromatic carbocycles. The van der Waals surface area contributed by atoms with E-state index in [4.69, 9.17) is 15.2 Å². The zero-order valence-electron chi connectivity index (χ0n) is 11.9. The minimum atomic E-state index is -0.0149. The second-order valence-electron chi connectivity index (χ2n) is 5.08. The van der Waals surface area contributed by atoms with E-state index in [-0.39, 0.29) is 6.04 Å². The van der Waals surface area contributed by atoms with Gasteiger partial charge in [0.15, 0.2) is 0 Å². The van der Waals surface area contributed by atoms with E-state index in [2.05, 4.69) is 4.90 Å². The van der Waals surface area contributed by atoms with Gasteiger partial charge in [0.1, 0.15) is 11.5 Å². The van der Waals surface area contributed by atoms with Gasteiger partial charge in [-0.25, -0.2) is 0 Å². The summed E-state index contributed by atoms with van der Waals surface area (Å²) >= 11 is 0. The molecule has 4 nitrogen and oxygen atoms in total. The highest BCUT2D eigenvalue weighted by atomic mass is 16.5. The molecule has 106 valence electrons. The van der Waals surface area contributed by atoms with Gasteiger partial charge in [-0.05, 0) is 32.0 Å². The van der Waals surface area contributed by atoms with E-state index in [1.165, 1.54) is 19.3 Å². The van der Waals surface area contributed by atoms with E-state index in [0.717, 1.165) is 36.7 Å². The number of likely N-dealkylation sites (tertiary alicyclic amines) is 1. The van der Waals surface area contributed by atoms with Gasteiger partial charge in [0.05, 0.1) is 14.2 Å². The van der Waals surface area contributed by atoms with Crippen molar-refractivity contribution >= 4 is 0 Å². The molecule has 1 aliphatic rings. The smallest absolute Gasteiger partial charge is 0.127 e. The van der Waals surface area contributed by atoms with Gasteiger partial charge in [0.2, 0.25) is 0 Å². The van der Waals surface area contributed by atoms with E-state index in [1.54, 1.807) is 14.2 Å². The van der Waals surface area contributed by atoms with Crippen LogP contribution in [0.1, 0.15) is 30.9 Å². The second-order valence-corrected chi connectivity index (χ2v) is 5.08. The molecule has 0 saturated carbocycles. The van der Waals surface area contributed by atoms with Crippen LogP contribution in [0, 0.1) is 0 Å². The normalized spacial score (nSPS) is 18.1. The van der Waals surface area contributed by atoms with Crippen LogP contribution in [0.3, 0.4) is 0 Å². The van der Waals surface area contributed by atoms with Gasteiger partial charge in [0.25, 0.3) is 0 Å². The van der Waals surface area contributed by atoms with Crippen LogP contribution >= 0.6 is 0 Å². The Kier molecular flexibility index (Phi) is 5.05. The second kappa shape index (κ2) is 6.78. The van der Waals surface area contributed by atoms with E-state index in [0.29, 0.717) is 0 Å². The molecule has 1 heterocycles. The standard InChI is InChI=1S/C15H24N2O2/c1-18-12-6-7-13(15(10-12)19-2)14(16)11-17-8-4-3-5-9-17/h6-7,10,14H,3-5,8-9,11,16H2,1-2H3. The van der Waals surface area contributed by atoms with E-state index >= 15 is 0 Å². The van der Waals surface area contributed by atoms with Crippen LogP contribution in [0.15, 0.2) is 18.2 Å². The lowest BCUT2D eigenvalue weighted by molar-refractivity contribution is 0.215. The Bertz CT molecular complexity index is 403. The largest absolute Gasteiger partial charge is 0.497 e. The number of hydrogen-bond acceptors (Lipinski definition) is 4. The minimum absolute atomic E-state index is 0.0149. The molecule has 1 aliphatic heterocycles. The van der Waals surface area contributed by atoms with Crippen LogP contribution in [0.2, 0.25) is 0 Å². The number of piperidine rings is 1. The van der Waals surface area contributed by atoms with Crippen molar-refractivity contribution in [3.05, 3.63) is 23.8 Å². The van der Waals surface area contributed by atoms with Crippen LogP contribution in [0.5, 0.6) is 11.5 Å². The lowest BCUT2D eigenvalue weighted by atomic mass is 10.0. The molecule has 1 fully saturated rings. The Hall–Kier alpha value is -1.26. The fourth-order valence-corrected chi connectivity index (χ4v) is 2.64. The number of hydrogen-bond donors (Lipinski definition) is 1. The van der Waals surface area contributed by atoms with Crippen LogP contribution in [0.4, 0.5) is 0 Å². The molecule has 1 saturated heterocycles. The first-order valence-electron chi connectivity index (χ1n) is 6.94. The average molecular weight is 264 g/mol. The third-order valence-electron chi connectivity index (χ3n) is 3.74. The van der Waals surface area contributed by atoms with Gasteiger partial charge in [0, 0.05) is 24.2 Å². The molecule has 4 heteroatoms. The SMILES string of the molecule is COc1ccc(C(N)CN2CCCCC2)c(OC)c1. The van der Waals surface area contributed by atoms with Crippen molar-refractivity contribution in [1.29, 1.82) is 0 Å². The Labute approximate surface area is 115 Å². The highest BCUT2D eigenvalue weighted by Gasteiger charge is 2.18. The monoisotopic (exact) mass is 264 g/mol. The molecule has 0 spiro atoms. The lowest BCUT2D eigenvalue weighted by Gasteiger charge is -2.29. The molecule has 0 aromatic heterocycles. The first kappa shape index (κ1) is 14.2. The van der Waals surface area contributed by atoms with E-state index in [1.807, 2.05) is 18.2 Å². The summed E-state index contributed by atoms with van der Waals surface area (Å²) in [4.78, 5) is 2.44. The molecule has 1 aromatic rings. The molecule has 2 N–H and O–H groups in total. The third-order valence-corrected chi connectivity index (χ3v) is 3.74. The molecule has 2 rings (SSSR count). The number of benzene rings is 1. The number of nitrogens with two attached hydrogens (primary N) is 1. The number of ether oxygens (including phenoxy) is 2. The average Bonchev–Trinajstić information content (AvgIpc) is 2.47. The van der Waals surface area contributed by atoms with Gasteiger partial charge in [-0.2, -0.15) is 0 Å². The molecule has 19 heavy (non-hydrogen) atoms. The predicted octanol–water partition coefficient (Wildman–Crippen LogP) is 2.19. The van der Waals surface area contributed by atoms with Crippen molar-refractivity contribution in [3.8, 4) is 11.5 Å². The highest BCUT2D eigenvalue weighted by molar-refractivity contribution is 5.42. The maximum absolute atomic E-state index is 6.33. The molecule has 0 amide bonds. The summed E-state index contributed by atoms with van der Waals surface area (Å²) in [7, 11) is 3.33. The summed E-state index contributed by atoms with van der Waals surface area (Å²) < 4.78 is 10.6. The maximum Gasteiger partial charge on any atom is 0.127 e. The third kappa shape index (κ3) is 3.61. The molecule has 0 aliphatic carbocycles. The minimum Gasteiger partial charge on any atom is -0.497 e. The van der Waals surface area contributed by atoms with Crippen molar-refractivity contribution in [2.75, 3.05) is 33.9 Å². The van der Waals surface area contributed by atoms with Gasteiger partial charge < -0.3 is 20.1 Å². The first-order chi connectivity index (χ1) is 9.24. The van der Waals surface area contributed by atoms with Crippen molar-refractivity contribution in [2.45, 2.75) is 25.3 Å². The Morgan fingerprint density at radius 2 is 1.89 bits per heavy atom. The summed E-state index contributed by atoms with van der Waals surface area (Å²) in [5.74, 6) is 1.61. The van der Waals surface area contributed by atoms with Crippen LogP contribution in [0.25, 0.3) is 0 Å². The van der Waals surface area contributed by atoms with E-state index < -0.39 is 0 Å². The van der Waals surface area contributed by atoms with Gasteiger partial charge >= 0.3 is 0 Å². The van der Waals surface area contributed by atoms with Crippen LogP contribution in [-0.2, 0) is 0 Å². The fourth-order valence-electron chi connectivity index (χ4n) is 2.64. The van der Waals surface area contributed by atoms with Gasteiger partial charge in [-0.15, -0.1) is 0 Å². The first-order valence-corrected chi connectivity index (χ1v) is 6.94. The van der Waals surface area contributed by atoms with Gasteiger partial charge in [-0.1, -0.05) is 12.5 Å². The number of methoxy groups -OCH3 is 2. The van der Waals surface area contributed by atoms with E-state index in [9.17, 15) is 0 Å². The number of nitrogens with zero attached hydrogens (tertiary/aromatic N) is 1. The zero-order chi connectivity index (χ0) is 13.7. The molecular weight excluding hydrogens is 240 g/mol. The lowest BCUT2D eigenvalue weighted by Crippen LogP contribution is -2.36. The van der Waals surface area contributed by atoms with Gasteiger partial charge in [-0.3, -0.25) is 0 Å². The summed E-state index contributed by atoms with van der Waals surface area (Å²) in [6, 6.07) is 5.82. The Morgan fingerprint density at radius 3 is 2.53 bits per heavy atom. The zero-order valence-corrected chi connectivity index (χ0v) is 11.9. The summed E-state index contributed by atoms with van der Waals surface area (Å²) in [6.07, 6.45) is 3.91. The topological polar surface area (TPSA) is 47.7 Å². The number of rotatable bonds is 5. The Balaban J connectivity index is 2.06. The Morgan fingerprint density at radius 1 is 1.16 bits per heavy atom. The maximum atomic E-state index is 6.33. The van der Waals surface area contributed by atoms with Crippen LogP contribution < -0.4 is 15.2 Å². The van der Waals surface area contributed by atoms with Crippen molar-refractivity contribution in [2.24, 2.45) is 5.73 Å². The molecule has 0 bridgehead atoms. The molecular formula is C15H24N2O2. The summed E-state index contributed by atoms with van der Waals surface area (Å²) in [5, 5.41) is 0.